The molecule has 2 aromatic carbocycles. The molecule has 0 aliphatic carbocycles. The summed E-state index contributed by atoms with van der Waals surface area (Å²) in [5.41, 5.74) is 0.523. The quantitative estimate of drug-likeness (QED) is 0.536. The third kappa shape index (κ3) is 4.15. The molecule has 1 heterocycles. The number of nitro groups is 1. The molecule has 0 atom stereocenters. The molecule has 3 aromatic rings. The highest BCUT2D eigenvalue weighted by Gasteiger charge is 2.16. The van der Waals surface area contributed by atoms with E-state index in [0.29, 0.717) is 10.7 Å². The van der Waals surface area contributed by atoms with E-state index in [1.807, 2.05) is 18.2 Å². The number of hydrogen-bond donors (Lipinski definition) is 1. The Bertz CT molecular complexity index is 898. The van der Waals surface area contributed by atoms with E-state index in [1.54, 1.807) is 24.3 Å². The van der Waals surface area contributed by atoms with Crippen molar-refractivity contribution >= 4 is 28.6 Å². The molecule has 0 radical (unpaired) electrons. The molecule has 0 saturated carbocycles. The van der Waals surface area contributed by atoms with Crippen molar-refractivity contribution in [2.75, 3.05) is 5.32 Å². The van der Waals surface area contributed by atoms with Crippen LogP contribution in [0.2, 0.25) is 0 Å². The molecule has 3 rings (SSSR count). The van der Waals surface area contributed by atoms with Crippen molar-refractivity contribution in [3.05, 3.63) is 74.7 Å². The molecule has 1 N–H and O–H groups in total. The summed E-state index contributed by atoms with van der Waals surface area (Å²) in [6.45, 7) is -0.0128. The van der Waals surface area contributed by atoms with Gasteiger partial charge in [0.05, 0.1) is 4.92 Å². The minimum atomic E-state index is -0.520. The molecule has 0 aliphatic rings. The van der Waals surface area contributed by atoms with Crippen LogP contribution >= 0.6 is 11.3 Å². The van der Waals surface area contributed by atoms with Gasteiger partial charge in [0.1, 0.15) is 6.61 Å². The number of carbonyl (C=O) groups is 1. The van der Waals surface area contributed by atoms with E-state index in [4.69, 9.17) is 4.74 Å². The summed E-state index contributed by atoms with van der Waals surface area (Å²) in [6, 6.07) is 15.0. The van der Waals surface area contributed by atoms with Crippen LogP contribution in [0, 0.1) is 10.1 Å². The summed E-state index contributed by atoms with van der Waals surface area (Å²) in [6.07, 6.45) is 0. The molecule has 1 amide bonds. The number of hydrogen-bond acceptors (Lipinski definition) is 7. The standard InChI is InChI=1S/C16H12N4O4S/c21-15(17-11-6-2-1-3-7-11)16-19-18-14(25-16)10-24-13-9-5-4-8-12(13)20(22)23/h1-9H,10H2,(H,17,21). The van der Waals surface area contributed by atoms with Crippen LogP contribution in [-0.4, -0.2) is 21.0 Å². The van der Waals surface area contributed by atoms with Crippen LogP contribution in [0.25, 0.3) is 0 Å². The number of aromatic nitrogens is 2. The topological polar surface area (TPSA) is 107 Å². The fourth-order valence-electron chi connectivity index (χ4n) is 1.98. The Hall–Kier alpha value is -3.33. The van der Waals surface area contributed by atoms with E-state index in [2.05, 4.69) is 15.5 Å². The molecule has 8 nitrogen and oxygen atoms in total. The number of anilines is 1. The number of ether oxygens (including phenoxy) is 1. The fourth-order valence-corrected chi connectivity index (χ4v) is 2.63. The second kappa shape index (κ2) is 7.49. The van der Waals surface area contributed by atoms with Gasteiger partial charge in [-0.2, -0.15) is 0 Å². The Kier molecular flexibility index (Phi) is 4.95. The number of para-hydroxylation sites is 3. The highest BCUT2D eigenvalue weighted by Crippen LogP contribution is 2.27. The van der Waals surface area contributed by atoms with E-state index in [1.165, 1.54) is 12.1 Å². The molecular weight excluding hydrogens is 344 g/mol. The fraction of sp³-hybridized carbons (Fsp3) is 0.0625. The van der Waals surface area contributed by atoms with Gasteiger partial charge in [-0.3, -0.25) is 14.9 Å². The van der Waals surface area contributed by atoms with Gasteiger partial charge in [0.2, 0.25) is 5.01 Å². The molecular formula is C16H12N4O4S. The maximum Gasteiger partial charge on any atom is 0.310 e. The molecule has 0 bridgehead atoms. The Labute approximate surface area is 146 Å². The molecule has 0 fully saturated rings. The molecule has 1 aromatic heterocycles. The van der Waals surface area contributed by atoms with Crippen molar-refractivity contribution in [1.82, 2.24) is 10.2 Å². The van der Waals surface area contributed by atoms with Crippen LogP contribution in [0.3, 0.4) is 0 Å². The third-order valence-electron chi connectivity index (χ3n) is 3.11. The average molecular weight is 356 g/mol. The zero-order valence-corrected chi connectivity index (χ0v) is 13.6. The third-order valence-corrected chi connectivity index (χ3v) is 4.00. The number of nitro benzene ring substituents is 1. The first kappa shape index (κ1) is 16.5. The minimum absolute atomic E-state index is 0.0128. The van der Waals surface area contributed by atoms with E-state index >= 15 is 0 Å². The molecule has 0 saturated heterocycles. The van der Waals surface area contributed by atoms with Crippen molar-refractivity contribution in [3.8, 4) is 5.75 Å². The van der Waals surface area contributed by atoms with Crippen LogP contribution in [-0.2, 0) is 6.61 Å². The summed E-state index contributed by atoms with van der Waals surface area (Å²) in [7, 11) is 0. The number of nitrogens with one attached hydrogen (secondary N) is 1. The summed E-state index contributed by atoms with van der Waals surface area (Å²) >= 11 is 1.06. The predicted molar refractivity (Wildman–Crippen MR) is 91.7 cm³/mol. The normalized spacial score (nSPS) is 10.2. The van der Waals surface area contributed by atoms with Crippen LogP contribution < -0.4 is 10.1 Å². The van der Waals surface area contributed by atoms with Crippen molar-refractivity contribution in [2.45, 2.75) is 6.61 Å². The zero-order valence-electron chi connectivity index (χ0n) is 12.8. The van der Waals surface area contributed by atoms with Gasteiger partial charge in [-0.15, -0.1) is 10.2 Å². The second-order valence-electron chi connectivity index (χ2n) is 4.83. The van der Waals surface area contributed by atoms with Gasteiger partial charge in [-0.05, 0) is 18.2 Å². The summed E-state index contributed by atoms with van der Waals surface area (Å²) < 4.78 is 5.43. The van der Waals surface area contributed by atoms with Crippen LogP contribution in [0.5, 0.6) is 5.75 Å². The Morgan fingerprint density at radius 1 is 1.12 bits per heavy atom. The second-order valence-corrected chi connectivity index (χ2v) is 5.90. The smallest absolute Gasteiger partial charge is 0.310 e. The Morgan fingerprint density at radius 3 is 2.60 bits per heavy atom. The van der Waals surface area contributed by atoms with E-state index in [0.717, 1.165) is 11.3 Å². The van der Waals surface area contributed by atoms with Crippen molar-refractivity contribution < 1.29 is 14.5 Å². The monoisotopic (exact) mass is 356 g/mol. The largest absolute Gasteiger partial charge is 0.479 e. The van der Waals surface area contributed by atoms with Crippen molar-refractivity contribution in [3.63, 3.8) is 0 Å². The lowest BCUT2D eigenvalue weighted by Gasteiger charge is -2.03. The zero-order chi connectivity index (χ0) is 17.6. The van der Waals surface area contributed by atoms with Gasteiger partial charge in [-0.1, -0.05) is 41.7 Å². The first-order chi connectivity index (χ1) is 12.1. The minimum Gasteiger partial charge on any atom is -0.479 e. The first-order valence-corrected chi connectivity index (χ1v) is 8.00. The molecule has 0 unspecified atom stereocenters. The van der Waals surface area contributed by atoms with Crippen LogP contribution in [0.4, 0.5) is 11.4 Å². The van der Waals surface area contributed by atoms with E-state index in [-0.39, 0.29) is 29.0 Å². The highest BCUT2D eigenvalue weighted by atomic mass is 32.1. The first-order valence-electron chi connectivity index (χ1n) is 7.18. The summed E-state index contributed by atoms with van der Waals surface area (Å²) in [5.74, 6) is -0.237. The van der Waals surface area contributed by atoms with Gasteiger partial charge in [0.25, 0.3) is 5.91 Å². The maximum atomic E-state index is 12.1. The molecule has 126 valence electrons. The van der Waals surface area contributed by atoms with Crippen molar-refractivity contribution in [1.29, 1.82) is 0 Å². The van der Waals surface area contributed by atoms with Gasteiger partial charge in [0.15, 0.2) is 10.8 Å². The number of amides is 1. The number of benzene rings is 2. The molecule has 9 heteroatoms. The van der Waals surface area contributed by atoms with E-state index in [9.17, 15) is 14.9 Å². The van der Waals surface area contributed by atoms with Gasteiger partial charge in [-0.25, -0.2) is 0 Å². The molecule has 0 aliphatic heterocycles. The SMILES string of the molecule is O=C(Nc1ccccc1)c1nnc(COc2ccccc2[N+](=O)[O-])s1. The lowest BCUT2D eigenvalue weighted by Crippen LogP contribution is -2.11. The van der Waals surface area contributed by atoms with Gasteiger partial charge in [0, 0.05) is 11.8 Å². The average Bonchev–Trinajstić information content (AvgIpc) is 3.10. The molecule has 0 spiro atoms. The lowest BCUT2D eigenvalue weighted by molar-refractivity contribution is -0.385. The van der Waals surface area contributed by atoms with E-state index < -0.39 is 4.92 Å². The molecule has 25 heavy (non-hydrogen) atoms. The van der Waals surface area contributed by atoms with Crippen LogP contribution in [0.1, 0.15) is 14.8 Å². The predicted octanol–water partition coefficient (Wildman–Crippen LogP) is 3.28. The van der Waals surface area contributed by atoms with Gasteiger partial charge < -0.3 is 10.1 Å². The number of carbonyl (C=O) groups excluding carboxylic acids is 1. The Balaban J connectivity index is 1.64. The number of rotatable bonds is 6. The number of nitrogens with zero attached hydrogens (tertiary/aromatic N) is 3. The van der Waals surface area contributed by atoms with Gasteiger partial charge >= 0.3 is 5.69 Å². The summed E-state index contributed by atoms with van der Waals surface area (Å²) in [5, 5.41) is 22.0. The Morgan fingerprint density at radius 2 is 1.84 bits per heavy atom. The summed E-state index contributed by atoms with van der Waals surface area (Å²) in [4.78, 5) is 22.5. The van der Waals surface area contributed by atoms with Crippen molar-refractivity contribution in [2.24, 2.45) is 0 Å². The lowest BCUT2D eigenvalue weighted by atomic mass is 10.3. The highest BCUT2D eigenvalue weighted by molar-refractivity contribution is 7.13. The van der Waals surface area contributed by atoms with Crippen LogP contribution in [0.15, 0.2) is 54.6 Å². The maximum absolute atomic E-state index is 12.1.